The van der Waals surface area contributed by atoms with E-state index in [1.54, 1.807) is 0 Å². The number of aliphatic imine (C=N–C) groups is 1. The molecule has 2 fully saturated rings. The number of hydrogen-bond donors (Lipinski definition) is 2. The maximum atomic E-state index is 6.08. The summed E-state index contributed by atoms with van der Waals surface area (Å²) in [5.41, 5.74) is 1.19. The van der Waals surface area contributed by atoms with Gasteiger partial charge in [0, 0.05) is 45.5 Å². The predicted molar refractivity (Wildman–Crippen MR) is 124 cm³/mol. The summed E-state index contributed by atoms with van der Waals surface area (Å²) < 4.78 is 6.08. The van der Waals surface area contributed by atoms with Gasteiger partial charge in [-0.25, -0.2) is 9.98 Å². The van der Waals surface area contributed by atoms with Crippen molar-refractivity contribution in [2.45, 2.75) is 58.1 Å². The monoisotopic (exact) mass is 416 g/mol. The highest BCUT2D eigenvalue weighted by molar-refractivity contribution is 5.79. The number of pyridine rings is 1. The van der Waals surface area contributed by atoms with Gasteiger partial charge < -0.3 is 25.2 Å². The summed E-state index contributed by atoms with van der Waals surface area (Å²) in [5.74, 6) is 1.91. The molecule has 0 atom stereocenters. The van der Waals surface area contributed by atoms with Gasteiger partial charge in [-0.3, -0.25) is 0 Å². The summed E-state index contributed by atoms with van der Waals surface area (Å²) in [6.45, 7) is 9.33. The van der Waals surface area contributed by atoms with Crippen LogP contribution in [0.2, 0.25) is 0 Å². The van der Waals surface area contributed by atoms with Crippen LogP contribution >= 0.6 is 0 Å². The largest absolute Gasteiger partial charge is 0.376 e. The van der Waals surface area contributed by atoms with Crippen LogP contribution < -0.4 is 15.5 Å². The quantitative estimate of drug-likeness (QED) is 0.294. The number of guanidine groups is 1. The van der Waals surface area contributed by atoms with Gasteiger partial charge in [0.2, 0.25) is 0 Å². The van der Waals surface area contributed by atoms with Gasteiger partial charge in [-0.05, 0) is 44.5 Å². The molecule has 1 aliphatic heterocycles. The van der Waals surface area contributed by atoms with Gasteiger partial charge in [0.15, 0.2) is 5.96 Å². The van der Waals surface area contributed by atoms with Crippen molar-refractivity contribution in [3.8, 4) is 0 Å². The van der Waals surface area contributed by atoms with Crippen molar-refractivity contribution in [3.63, 3.8) is 0 Å². The Morgan fingerprint density at radius 3 is 2.63 bits per heavy atom. The van der Waals surface area contributed by atoms with Gasteiger partial charge in [-0.15, -0.1) is 0 Å². The van der Waals surface area contributed by atoms with Crippen LogP contribution in [-0.4, -0.2) is 74.9 Å². The van der Waals surface area contributed by atoms with Crippen molar-refractivity contribution >= 4 is 11.8 Å². The van der Waals surface area contributed by atoms with E-state index in [1.165, 1.54) is 44.1 Å². The van der Waals surface area contributed by atoms with Crippen molar-refractivity contribution in [2.24, 2.45) is 4.99 Å². The van der Waals surface area contributed by atoms with E-state index in [2.05, 4.69) is 51.5 Å². The molecule has 2 heterocycles. The van der Waals surface area contributed by atoms with E-state index in [-0.39, 0.29) is 0 Å². The molecular weight excluding hydrogens is 376 g/mol. The maximum Gasteiger partial charge on any atom is 0.191 e. The zero-order valence-electron chi connectivity index (χ0n) is 18.9. The van der Waals surface area contributed by atoms with Gasteiger partial charge in [0.05, 0.1) is 19.3 Å². The average Bonchev–Trinajstić information content (AvgIpc) is 3.04. The standard InChI is InChI=1S/C23H40N6O/c1-3-24-23(26-12-17-30-21-8-6-4-5-7-9-21)27-19-20-10-11-25-22(18-20)29-15-13-28(2)14-16-29/h10-11,18,21H,3-9,12-17,19H2,1-2H3,(H2,24,26,27). The number of piperazine rings is 1. The number of anilines is 1. The predicted octanol–water partition coefficient (Wildman–Crippen LogP) is 2.63. The summed E-state index contributed by atoms with van der Waals surface area (Å²) in [5, 5.41) is 6.75. The van der Waals surface area contributed by atoms with E-state index < -0.39 is 0 Å². The third-order valence-electron chi connectivity index (χ3n) is 5.95. The number of rotatable bonds is 8. The molecule has 7 nitrogen and oxygen atoms in total. The molecule has 0 radical (unpaired) electrons. The van der Waals surface area contributed by atoms with Crippen LogP contribution in [-0.2, 0) is 11.3 Å². The lowest BCUT2D eigenvalue weighted by Gasteiger charge is -2.33. The van der Waals surface area contributed by atoms with Crippen LogP contribution in [0.3, 0.4) is 0 Å². The Labute approximate surface area is 182 Å². The minimum atomic E-state index is 0.443. The molecule has 1 saturated carbocycles. The van der Waals surface area contributed by atoms with E-state index in [1.807, 2.05) is 6.20 Å². The van der Waals surface area contributed by atoms with Crippen LogP contribution in [0, 0.1) is 0 Å². The minimum Gasteiger partial charge on any atom is -0.376 e. The molecule has 0 amide bonds. The van der Waals surface area contributed by atoms with E-state index in [0.29, 0.717) is 12.6 Å². The van der Waals surface area contributed by atoms with E-state index in [0.717, 1.165) is 57.7 Å². The zero-order valence-corrected chi connectivity index (χ0v) is 18.9. The molecule has 1 aromatic rings. The Hall–Kier alpha value is -1.86. The highest BCUT2D eigenvalue weighted by Gasteiger charge is 2.15. The Balaban J connectivity index is 1.46. The van der Waals surface area contributed by atoms with Crippen molar-refractivity contribution < 1.29 is 4.74 Å². The fourth-order valence-electron chi connectivity index (χ4n) is 4.08. The fourth-order valence-corrected chi connectivity index (χ4v) is 4.08. The molecule has 0 unspecified atom stereocenters. The summed E-state index contributed by atoms with van der Waals surface area (Å²) in [4.78, 5) is 14.1. The second-order valence-electron chi connectivity index (χ2n) is 8.42. The number of aromatic nitrogens is 1. The van der Waals surface area contributed by atoms with E-state index >= 15 is 0 Å². The molecule has 30 heavy (non-hydrogen) atoms. The minimum absolute atomic E-state index is 0.443. The molecule has 1 aliphatic carbocycles. The first kappa shape index (κ1) is 22.8. The van der Waals surface area contributed by atoms with Crippen LogP contribution in [0.15, 0.2) is 23.3 Å². The molecular formula is C23H40N6O. The highest BCUT2D eigenvalue weighted by atomic mass is 16.5. The van der Waals surface area contributed by atoms with Gasteiger partial charge in [0.25, 0.3) is 0 Å². The molecule has 0 spiro atoms. The number of hydrogen-bond acceptors (Lipinski definition) is 5. The molecule has 7 heteroatoms. The fraction of sp³-hybridized carbons (Fsp3) is 0.739. The number of nitrogens with one attached hydrogen (secondary N) is 2. The lowest BCUT2D eigenvalue weighted by molar-refractivity contribution is 0.0468. The molecule has 2 aliphatic rings. The third-order valence-corrected chi connectivity index (χ3v) is 5.95. The van der Waals surface area contributed by atoms with E-state index in [9.17, 15) is 0 Å². The second-order valence-corrected chi connectivity index (χ2v) is 8.42. The SMILES string of the molecule is CCNC(=NCc1ccnc(N2CCN(C)CC2)c1)NCCOC1CCCCCC1. The summed E-state index contributed by atoms with van der Waals surface area (Å²) >= 11 is 0. The van der Waals surface area contributed by atoms with Gasteiger partial charge in [-0.1, -0.05) is 25.7 Å². The Kier molecular flexibility index (Phi) is 9.70. The average molecular weight is 417 g/mol. The van der Waals surface area contributed by atoms with Crippen molar-refractivity contribution in [3.05, 3.63) is 23.9 Å². The molecule has 3 rings (SSSR count). The van der Waals surface area contributed by atoms with Crippen LogP contribution in [0.5, 0.6) is 0 Å². The number of likely N-dealkylation sites (N-methyl/N-ethyl adjacent to an activating group) is 1. The third kappa shape index (κ3) is 7.76. The molecule has 0 aromatic carbocycles. The van der Waals surface area contributed by atoms with Gasteiger partial charge in [-0.2, -0.15) is 0 Å². The molecule has 1 aromatic heterocycles. The lowest BCUT2D eigenvalue weighted by atomic mass is 10.1. The first-order valence-electron chi connectivity index (χ1n) is 11.8. The number of nitrogens with zero attached hydrogens (tertiary/aromatic N) is 4. The molecule has 1 saturated heterocycles. The number of ether oxygens (including phenoxy) is 1. The lowest BCUT2D eigenvalue weighted by Crippen LogP contribution is -2.44. The summed E-state index contributed by atoms with van der Waals surface area (Å²) in [7, 11) is 2.17. The van der Waals surface area contributed by atoms with Crippen LogP contribution in [0.1, 0.15) is 51.0 Å². The topological polar surface area (TPSA) is 65.0 Å². The van der Waals surface area contributed by atoms with Crippen LogP contribution in [0.4, 0.5) is 5.82 Å². The van der Waals surface area contributed by atoms with Crippen LogP contribution in [0.25, 0.3) is 0 Å². The zero-order chi connectivity index (χ0) is 21.0. The van der Waals surface area contributed by atoms with Gasteiger partial charge >= 0.3 is 0 Å². The van der Waals surface area contributed by atoms with Crippen molar-refractivity contribution in [2.75, 3.05) is 57.8 Å². The van der Waals surface area contributed by atoms with Crippen molar-refractivity contribution in [1.82, 2.24) is 20.5 Å². The molecule has 168 valence electrons. The normalized spacial score (nSPS) is 19.5. The van der Waals surface area contributed by atoms with E-state index in [4.69, 9.17) is 9.73 Å². The van der Waals surface area contributed by atoms with Crippen molar-refractivity contribution in [1.29, 1.82) is 0 Å². The molecule has 2 N–H and O–H groups in total. The summed E-state index contributed by atoms with van der Waals surface area (Å²) in [6, 6.07) is 4.23. The first-order valence-corrected chi connectivity index (χ1v) is 11.8. The molecule has 0 bridgehead atoms. The Morgan fingerprint density at radius 1 is 1.13 bits per heavy atom. The maximum absolute atomic E-state index is 6.08. The Morgan fingerprint density at radius 2 is 1.90 bits per heavy atom. The first-order chi connectivity index (χ1) is 14.7. The highest BCUT2D eigenvalue weighted by Crippen LogP contribution is 2.19. The Bertz CT molecular complexity index is 636. The smallest absolute Gasteiger partial charge is 0.191 e. The van der Waals surface area contributed by atoms with Gasteiger partial charge in [0.1, 0.15) is 5.82 Å². The second kappa shape index (κ2) is 12.7. The summed E-state index contributed by atoms with van der Waals surface area (Å²) in [6.07, 6.45) is 10.1.